The monoisotopic (exact) mass is 334 g/mol. The molecule has 0 bridgehead atoms. The second-order valence-corrected chi connectivity index (χ2v) is 4.98. The summed E-state index contributed by atoms with van der Waals surface area (Å²) >= 11 is 5.92. The summed E-state index contributed by atoms with van der Waals surface area (Å²) in [7, 11) is 1.32. The first-order chi connectivity index (χ1) is 11.1. The minimum Gasteiger partial charge on any atom is -0.480 e. The zero-order valence-electron chi connectivity index (χ0n) is 12.5. The second-order valence-electron chi connectivity index (χ2n) is 4.57. The molecule has 0 aromatic heterocycles. The maximum absolute atomic E-state index is 11.7. The predicted molar refractivity (Wildman–Crippen MR) is 84.5 cm³/mol. The molecule has 0 radical (unpaired) electrons. The highest BCUT2D eigenvalue weighted by Crippen LogP contribution is 2.22. The van der Waals surface area contributed by atoms with Gasteiger partial charge in [0.1, 0.15) is 12.4 Å². The molecule has 0 spiro atoms. The van der Waals surface area contributed by atoms with Crippen LogP contribution < -0.4 is 4.74 Å². The molecule has 0 N–H and O–H groups in total. The number of rotatable bonds is 6. The lowest BCUT2D eigenvalue weighted by Gasteiger charge is -2.08. The van der Waals surface area contributed by atoms with E-state index in [-0.39, 0.29) is 13.2 Å². The summed E-state index contributed by atoms with van der Waals surface area (Å²) in [6.45, 7) is -0.143. The van der Waals surface area contributed by atoms with Crippen LogP contribution in [0.4, 0.5) is 0 Å². The second kappa shape index (κ2) is 8.19. The van der Waals surface area contributed by atoms with Crippen LogP contribution >= 0.6 is 11.6 Å². The molecule has 23 heavy (non-hydrogen) atoms. The van der Waals surface area contributed by atoms with E-state index in [1.807, 2.05) is 0 Å². The topological polar surface area (TPSA) is 61.8 Å². The fourth-order valence-electron chi connectivity index (χ4n) is 1.76. The molecule has 0 unspecified atom stereocenters. The third-order valence-corrected chi connectivity index (χ3v) is 3.27. The van der Waals surface area contributed by atoms with E-state index in [9.17, 15) is 9.59 Å². The zero-order chi connectivity index (χ0) is 16.7. The minimum absolute atomic E-state index is 0.0895. The summed E-state index contributed by atoms with van der Waals surface area (Å²) in [6, 6.07) is 13.5. The van der Waals surface area contributed by atoms with E-state index >= 15 is 0 Å². The number of para-hydroxylation sites is 1. The Morgan fingerprint density at radius 3 is 2.39 bits per heavy atom. The van der Waals surface area contributed by atoms with E-state index < -0.39 is 11.9 Å². The molecule has 0 aliphatic carbocycles. The Morgan fingerprint density at radius 2 is 1.74 bits per heavy atom. The van der Waals surface area contributed by atoms with Crippen molar-refractivity contribution in [1.82, 2.24) is 0 Å². The summed E-state index contributed by atoms with van der Waals surface area (Å²) < 4.78 is 15.0. The maximum Gasteiger partial charge on any atom is 0.344 e. The van der Waals surface area contributed by atoms with Crippen molar-refractivity contribution in [3.8, 4) is 5.75 Å². The van der Waals surface area contributed by atoms with Gasteiger partial charge in [0.05, 0.1) is 17.7 Å². The highest BCUT2D eigenvalue weighted by molar-refractivity contribution is 6.32. The first-order valence-electron chi connectivity index (χ1n) is 6.80. The van der Waals surface area contributed by atoms with Crippen LogP contribution in [-0.2, 0) is 20.9 Å². The highest BCUT2D eigenvalue weighted by atomic mass is 35.5. The Hall–Kier alpha value is -2.53. The molecule has 2 rings (SSSR count). The van der Waals surface area contributed by atoms with Gasteiger partial charge in [-0.3, -0.25) is 0 Å². The van der Waals surface area contributed by atoms with Gasteiger partial charge in [-0.15, -0.1) is 0 Å². The van der Waals surface area contributed by atoms with Crippen molar-refractivity contribution in [3.63, 3.8) is 0 Å². The van der Waals surface area contributed by atoms with E-state index in [2.05, 4.69) is 4.74 Å². The third kappa shape index (κ3) is 5.00. The summed E-state index contributed by atoms with van der Waals surface area (Å²) in [4.78, 5) is 23.0. The number of hydrogen-bond donors (Lipinski definition) is 0. The predicted octanol–water partition coefficient (Wildman–Crippen LogP) is 3.25. The van der Waals surface area contributed by atoms with Crippen molar-refractivity contribution < 1.29 is 23.8 Å². The van der Waals surface area contributed by atoms with Gasteiger partial charge in [-0.05, 0) is 29.8 Å². The van der Waals surface area contributed by atoms with Crippen molar-refractivity contribution in [1.29, 1.82) is 0 Å². The van der Waals surface area contributed by atoms with Crippen LogP contribution in [-0.4, -0.2) is 25.7 Å². The van der Waals surface area contributed by atoms with Crippen molar-refractivity contribution in [2.24, 2.45) is 0 Å². The maximum atomic E-state index is 11.7. The lowest BCUT2D eigenvalue weighted by molar-refractivity contribution is -0.147. The number of methoxy groups -OCH3 is 1. The van der Waals surface area contributed by atoms with Crippen LogP contribution in [0, 0.1) is 0 Å². The summed E-state index contributed by atoms with van der Waals surface area (Å²) in [5.41, 5.74) is 1.19. The Labute approximate surface area is 138 Å². The number of benzene rings is 2. The van der Waals surface area contributed by atoms with E-state index in [0.717, 1.165) is 5.56 Å². The first-order valence-corrected chi connectivity index (χ1v) is 7.18. The highest BCUT2D eigenvalue weighted by Gasteiger charge is 2.08. The van der Waals surface area contributed by atoms with Gasteiger partial charge in [0, 0.05) is 0 Å². The number of esters is 2. The van der Waals surface area contributed by atoms with Crippen LogP contribution in [0.5, 0.6) is 5.75 Å². The minimum atomic E-state index is -0.512. The number of carbonyl (C=O) groups excluding carboxylic acids is 2. The van der Waals surface area contributed by atoms with Crippen LogP contribution in [0.1, 0.15) is 15.9 Å². The number of carbonyl (C=O) groups is 2. The van der Waals surface area contributed by atoms with Gasteiger partial charge in [-0.1, -0.05) is 35.9 Å². The molecule has 2 aromatic carbocycles. The Kier molecular flexibility index (Phi) is 6.00. The first kappa shape index (κ1) is 16.8. The van der Waals surface area contributed by atoms with Crippen LogP contribution in [0.2, 0.25) is 5.02 Å². The fourth-order valence-corrected chi connectivity index (χ4v) is 1.95. The molecular formula is C17H15ClO5. The van der Waals surface area contributed by atoms with Gasteiger partial charge >= 0.3 is 11.9 Å². The molecule has 0 atom stereocenters. The molecule has 6 heteroatoms. The Morgan fingerprint density at radius 1 is 1.04 bits per heavy atom. The quantitative estimate of drug-likeness (QED) is 0.759. The van der Waals surface area contributed by atoms with Gasteiger partial charge in [0.2, 0.25) is 0 Å². The number of halogens is 1. The average molecular weight is 335 g/mol. The van der Waals surface area contributed by atoms with Crippen LogP contribution in [0.25, 0.3) is 0 Å². The van der Waals surface area contributed by atoms with Crippen LogP contribution in [0.15, 0.2) is 48.5 Å². The molecule has 0 fully saturated rings. The van der Waals surface area contributed by atoms with Gasteiger partial charge in [-0.2, -0.15) is 0 Å². The smallest absolute Gasteiger partial charge is 0.344 e. The van der Waals surface area contributed by atoms with E-state index in [1.165, 1.54) is 7.11 Å². The third-order valence-electron chi connectivity index (χ3n) is 2.96. The Balaban J connectivity index is 1.80. The lowest BCUT2D eigenvalue weighted by atomic mass is 10.1. The van der Waals surface area contributed by atoms with E-state index in [4.69, 9.17) is 21.1 Å². The number of ether oxygens (including phenoxy) is 3. The molecule has 5 nitrogen and oxygen atoms in total. The largest absolute Gasteiger partial charge is 0.480 e. The summed E-state index contributed by atoms with van der Waals surface area (Å²) in [5, 5.41) is 0.429. The van der Waals surface area contributed by atoms with E-state index in [1.54, 1.807) is 48.5 Å². The molecule has 2 aromatic rings. The SMILES string of the molecule is COC(=O)c1ccc(COC(=O)COc2ccccc2Cl)cc1. The summed E-state index contributed by atoms with van der Waals surface area (Å²) in [5.74, 6) is -0.503. The molecule has 120 valence electrons. The normalized spacial score (nSPS) is 10.0. The molecule has 0 saturated carbocycles. The van der Waals surface area contributed by atoms with Gasteiger partial charge in [-0.25, -0.2) is 9.59 Å². The molecule has 0 aliphatic rings. The van der Waals surface area contributed by atoms with Crippen molar-refractivity contribution in [2.45, 2.75) is 6.61 Å². The van der Waals surface area contributed by atoms with Gasteiger partial charge in [0.25, 0.3) is 0 Å². The van der Waals surface area contributed by atoms with Crippen molar-refractivity contribution >= 4 is 23.5 Å². The molecule has 0 heterocycles. The summed E-state index contributed by atoms with van der Waals surface area (Å²) in [6.07, 6.45) is 0. The molecule has 0 aliphatic heterocycles. The molecule has 0 saturated heterocycles. The number of hydrogen-bond acceptors (Lipinski definition) is 5. The van der Waals surface area contributed by atoms with E-state index in [0.29, 0.717) is 16.3 Å². The van der Waals surface area contributed by atoms with Crippen molar-refractivity contribution in [2.75, 3.05) is 13.7 Å². The lowest BCUT2D eigenvalue weighted by Crippen LogP contribution is -2.15. The van der Waals surface area contributed by atoms with Crippen LogP contribution in [0.3, 0.4) is 0 Å². The van der Waals surface area contributed by atoms with Crippen molar-refractivity contribution in [3.05, 3.63) is 64.7 Å². The Bertz CT molecular complexity index is 682. The molecular weight excluding hydrogens is 320 g/mol. The zero-order valence-corrected chi connectivity index (χ0v) is 13.2. The average Bonchev–Trinajstić information content (AvgIpc) is 2.59. The standard InChI is InChI=1S/C17H15ClO5/c1-21-17(20)13-8-6-12(7-9-13)10-23-16(19)11-22-15-5-3-2-4-14(15)18/h2-9H,10-11H2,1H3. The molecule has 0 amide bonds. The fraction of sp³-hybridized carbons (Fsp3) is 0.176. The van der Waals surface area contributed by atoms with Gasteiger partial charge < -0.3 is 14.2 Å². The van der Waals surface area contributed by atoms with Gasteiger partial charge in [0.15, 0.2) is 6.61 Å².